The van der Waals surface area contributed by atoms with Gasteiger partial charge < -0.3 is 4.90 Å². The van der Waals surface area contributed by atoms with Gasteiger partial charge in [0.25, 0.3) is 0 Å². The molecule has 0 saturated heterocycles. The Balaban J connectivity index is 1.90. The first-order valence-electron chi connectivity index (χ1n) is 6.47. The third kappa shape index (κ3) is 2.59. The quantitative estimate of drug-likeness (QED) is 0.620. The van der Waals surface area contributed by atoms with E-state index < -0.39 is 0 Å². The van der Waals surface area contributed by atoms with E-state index in [1.165, 1.54) is 11.1 Å². The van der Waals surface area contributed by atoms with Crippen molar-refractivity contribution in [1.82, 2.24) is 9.97 Å². The summed E-state index contributed by atoms with van der Waals surface area (Å²) in [6, 6.07) is 10.7. The summed E-state index contributed by atoms with van der Waals surface area (Å²) in [6.45, 7) is 4.00. The minimum absolute atomic E-state index is 0.855. The van der Waals surface area contributed by atoms with Crippen molar-refractivity contribution in [3.05, 3.63) is 47.2 Å². The molecular formula is C15H17N3S. The number of rotatable bonds is 2. The molecule has 0 bridgehead atoms. The van der Waals surface area contributed by atoms with E-state index in [2.05, 4.69) is 45.2 Å². The molecule has 0 N–H and O–H groups in total. The molecule has 0 atom stereocenters. The van der Waals surface area contributed by atoms with Gasteiger partial charge in [-0.05, 0) is 30.7 Å². The highest BCUT2D eigenvalue weighted by molar-refractivity contribution is 7.98. The van der Waals surface area contributed by atoms with Gasteiger partial charge in [0.15, 0.2) is 5.16 Å². The Morgan fingerprint density at radius 2 is 1.95 bits per heavy atom. The average Bonchev–Trinajstić information content (AvgIpc) is 2.46. The molecular weight excluding hydrogens is 254 g/mol. The number of hydrogen-bond acceptors (Lipinski definition) is 4. The molecule has 1 aromatic heterocycles. The molecule has 0 saturated carbocycles. The van der Waals surface area contributed by atoms with Gasteiger partial charge in [-0.2, -0.15) is 0 Å². The first-order valence-corrected chi connectivity index (χ1v) is 7.70. The second-order valence-electron chi connectivity index (χ2n) is 4.79. The van der Waals surface area contributed by atoms with Crippen LogP contribution in [-0.2, 0) is 13.0 Å². The van der Waals surface area contributed by atoms with Crippen molar-refractivity contribution in [3.63, 3.8) is 0 Å². The number of fused-ring (bicyclic) bond motifs is 1. The number of nitrogens with zero attached hydrogens (tertiary/aromatic N) is 3. The fourth-order valence-corrected chi connectivity index (χ4v) is 2.89. The zero-order chi connectivity index (χ0) is 13.2. The summed E-state index contributed by atoms with van der Waals surface area (Å²) in [4.78, 5) is 11.4. The van der Waals surface area contributed by atoms with Crippen LogP contribution in [0.2, 0.25) is 0 Å². The monoisotopic (exact) mass is 271 g/mol. The van der Waals surface area contributed by atoms with Crippen LogP contribution in [0.5, 0.6) is 0 Å². The summed E-state index contributed by atoms with van der Waals surface area (Å²) >= 11 is 1.60. The predicted octanol–water partition coefficient (Wildman–Crippen LogP) is 3.07. The third-order valence-corrected chi connectivity index (χ3v) is 4.01. The Hall–Kier alpha value is -1.55. The summed E-state index contributed by atoms with van der Waals surface area (Å²) in [5.41, 5.74) is 3.92. The molecule has 2 heterocycles. The number of thioether (sulfide) groups is 1. The van der Waals surface area contributed by atoms with Crippen LogP contribution in [-0.4, -0.2) is 22.8 Å². The van der Waals surface area contributed by atoms with Crippen molar-refractivity contribution in [1.29, 1.82) is 0 Å². The first kappa shape index (κ1) is 12.5. The smallest absolute Gasteiger partial charge is 0.189 e. The van der Waals surface area contributed by atoms with E-state index in [9.17, 15) is 0 Å². The van der Waals surface area contributed by atoms with Crippen molar-refractivity contribution in [2.75, 3.05) is 17.7 Å². The van der Waals surface area contributed by atoms with Crippen molar-refractivity contribution in [3.8, 4) is 0 Å². The molecule has 0 aliphatic carbocycles. The van der Waals surface area contributed by atoms with Crippen LogP contribution in [0.15, 0.2) is 35.5 Å². The molecule has 1 aliphatic rings. The summed E-state index contributed by atoms with van der Waals surface area (Å²) in [6.07, 6.45) is 3.11. The molecule has 0 unspecified atom stereocenters. The minimum Gasteiger partial charge on any atom is -0.352 e. The minimum atomic E-state index is 0.855. The molecule has 0 spiro atoms. The molecule has 0 amide bonds. The Kier molecular flexibility index (Phi) is 3.42. The molecule has 0 radical (unpaired) electrons. The van der Waals surface area contributed by atoms with Crippen LogP contribution < -0.4 is 4.90 Å². The lowest BCUT2D eigenvalue weighted by molar-refractivity contribution is 0.710. The van der Waals surface area contributed by atoms with E-state index >= 15 is 0 Å². The molecule has 1 aliphatic heterocycles. The lowest BCUT2D eigenvalue weighted by atomic mass is 10.00. The van der Waals surface area contributed by atoms with Crippen molar-refractivity contribution < 1.29 is 0 Å². The summed E-state index contributed by atoms with van der Waals surface area (Å²) in [5.74, 6) is 1.05. The largest absolute Gasteiger partial charge is 0.352 e. The first-order chi connectivity index (χ1) is 9.26. The van der Waals surface area contributed by atoms with Gasteiger partial charge in [0.2, 0.25) is 0 Å². The fraction of sp³-hybridized carbons (Fsp3) is 0.333. The second kappa shape index (κ2) is 5.21. The average molecular weight is 271 g/mol. The topological polar surface area (TPSA) is 29.0 Å². The highest BCUT2D eigenvalue weighted by Crippen LogP contribution is 2.24. The van der Waals surface area contributed by atoms with E-state index in [4.69, 9.17) is 0 Å². The van der Waals surface area contributed by atoms with E-state index in [1.807, 2.05) is 13.2 Å². The van der Waals surface area contributed by atoms with Gasteiger partial charge in [-0.15, -0.1) is 0 Å². The van der Waals surface area contributed by atoms with Gasteiger partial charge >= 0.3 is 0 Å². The van der Waals surface area contributed by atoms with Gasteiger partial charge in [-0.25, -0.2) is 9.97 Å². The summed E-state index contributed by atoms with van der Waals surface area (Å²) in [7, 11) is 0. The molecule has 2 aromatic rings. The Labute approximate surface area is 118 Å². The molecule has 98 valence electrons. The van der Waals surface area contributed by atoms with E-state index in [-0.39, 0.29) is 0 Å². The fourth-order valence-electron chi connectivity index (χ4n) is 2.47. The Morgan fingerprint density at radius 1 is 1.16 bits per heavy atom. The number of benzene rings is 1. The maximum Gasteiger partial charge on any atom is 0.189 e. The van der Waals surface area contributed by atoms with E-state index in [1.54, 1.807) is 11.8 Å². The number of hydrogen-bond donors (Lipinski definition) is 0. The van der Waals surface area contributed by atoms with Crippen molar-refractivity contribution in [2.45, 2.75) is 25.0 Å². The maximum absolute atomic E-state index is 4.63. The van der Waals surface area contributed by atoms with Gasteiger partial charge in [0.05, 0.1) is 0 Å². The highest BCUT2D eigenvalue weighted by atomic mass is 32.2. The number of aryl methyl sites for hydroxylation is 1. The van der Waals surface area contributed by atoms with Gasteiger partial charge in [-0.1, -0.05) is 36.0 Å². The lowest BCUT2D eigenvalue weighted by Gasteiger charge is -2.30. The highest BCUT2D eigenvalue weighted by Gasteiger charge is 2.17. The van der Waals surface area contributed by atoms with E-state index in [0.717, 1.165) is 36.2 Å². The standard InChI is InChI=1S/C15H17N3S/c1-11-9-14(17-15(16-11)19-2)18-8-7-12-5-3-4-6-13(12)10-18/h3-6,9H,7-8,10H2,1-2H3. The Morgan fingerprint density at radius 3 is 2.74 bits per heavy atom. The number of anilines is 1. The van der Waals surface area contributed by atoms with Crippen molar-refractivity contribution >= 4 is 17.6 Å². The molecule has 0 fully saturated rings. The lowest BCUT2D eigenvalue weighted by Crippen LogP contribution is -2.31. The molecule has 19 heavy (non-hydrogen) atoms. The van der Waals surface area contributed by atoms with Crippen LogP contribution in [0.3, 0.4) is 0 Å². The molecule has 3 rings (SSSR count). The SMILES string of the molecule is CSc1nc(C)cc(N2CCc3ccccc3C2)n1. The summed E-state index contributed by atoms with van der Waals surface area (Å²) in [5, 5.41) is 0.855. The zero-order valence-corrected chi connectivity index (χ0v) is 12.1. The molecule has 3 nitrogen and oxygen atoms in total. The third-order valence-electron chi connectivity index (χ3n) is 3.46. The zero-order valence-electron chi connectivity index (χ0n) is 11.3. The van der Waals surface area contributed by atoms with Gasteiger partial charge in [-0.3, -0.25) is 0 Å². The normalized spacial score (nSPS) is 14.3. The van der Waals surface area contributed by atoms with Crippen LogP contribution in [0.25, 0.3) is 0 Å². The van der Waals surface area contributed by atoms with Gasteiger partial charge in [0.1, 0.15) is 5.82 Å². The Bertz CT molecular complexity index is 598. The van der Waals surface area contributed by atoms with Crippen LogP contribution in [0, 0.1) is 6.92 Å². The van der Waals surface area contributed by atoms with Crippen LogP contribution >= 0.6 is 11.8 Å². The second-order valence-corrected chi connectivity index (χ2v) is 5.57. The molecule has 1 aromatic carbocycles. The predicted molar refractivity (Wildman–Crippen MR) is 79.7 cm³/mol. The van der Waals surface area contributed by atoms with E-state index in [0.29, 0.717) is 0 Å². The van der Waals surface area contributed by atoms with Crippen LogP contribution in [0.1, 0.15) is 16.8 Å². The molecule has 4 heteroatoms. The maximum atomic E-state index is 4.63. The van der Waals surface area contributed by atoms with Crippen molar-refractivity contribution in [2.24, 2.45) is 0 Å². The van der Waals surface area contributed by atoms with Crippen LogP contribution in [0.4, 0.5) is 5.82 Å². The summed E-state index contributed by atoms with van der Waals surface area (Å²) < 4.78 is 0. The number of aromatic nitrogens is 2. The van der Waals surface area contributed by atoms with Gasteiger partial charge in [0, 0.05) is 24.8 Å².